The molecule has 2 aromatic carbocycles. The third-order valence-corrected chi connectivity index (χ3v) is 6.75. The van der Waals surface area contributed by atoms with Crippen LogP contribution in [0.25, 0.3) is 11.1 Å². The molecule has 2 atom stereocenters. The zero-order valence-electron chi connectivity index (χ0n) is 20.7. The van der Waals surface area contributed by atoms with Crippen molar-refractivity contribution < 1.29 is 14.3 Å². The van der Waals surface area contributed by atoms with E-state index in [0.29, 0.717) is 5.75 Å². The molecule has 0 heterocycles. The third kappa shape index (κ3) is 10.2. The van der Waals surface area contributed by atoms with Gasteiger partial charge in [-0.2, -0.15) is 0 Å². The minimum atomic E-state index is -0.627. The van der Waals surface area contributed by atoms with E-state index >= 15 is 0 Å². The average Bonchev–Trinajstić information content (AvgIpc) is 2.85. The van der Waals surface area contributed by atoms with E-state index in [0.717, 1.165) is 36.3 Å². The molecule has 2 rings (SSSR count). The second-order valence-electron chi connectivity index (χ2n) is 8.93. The highest BCUT2D eigenvalue weighted by molar-refractivity contribution is 6.30. The third-order valence-electron chi connectivity index (χ3n) is 6.15. The van der Waals surface area contributed by atoms with Crippen molar-refractivity contribution in [3.8, 4) is 22.6 Å². The molecule has 0 aliphatic heterocycles. The molecule has 4 heteroatoms. The predicted molar refractivity (Wildman–Crippen MR) is 139 cm³/mol. The van der Waals surface area contributed by atoms with Gasteiger partial charge in [-0.05, 0) is 47.7 Å². The van der Waals surface area contributed by atoms with Crippen LogP contribution in [0.15, 0.2) is 48.5 Å². The quantitative estimate of drug-likeness (QED) is 0.106. The lowest BCUT2D eigenvalue weighted by Gasteiger charge is -2.15. The van der Waals surface area contributed by atoms with E-state index in [9.17, 15) is 4.79 Å². The van der Waals surface area contributed by atoms with Crippen molar-refractivity contribution in [3.63, 3.8) is 0 Å². The molecule has 0 radical (unpaired) electrons. The van der Waals surface area contributed by atoms with E-state index in [2.05, 4.69) is 19.1 Å². The first-order chi connectivity index (χ1) is 16.0. The maximum Gasteiger partial charge on any atom is 0.329 e. The van der Waals surface area contributed by atoms with Crippen LogP contribution in [0.2, 0.25) is 0 Å². The molecule has 0 aliphatic carbocycles. The Hall–Kier alpha value is -2.00. The highest BCUT2D eigenvalue weighted by atomic mass is 35.5. The van der Waals surface area contributed by atoms with Crippen molar-refractivity contribution in [2.45, 2.75) is 90.4 Å². The fourth-order valence-electron chi connectivity index (χ4n) is 3.67. The number of hydrogen-bond donors (Lipinski definition) is 0. The molecule has 0 spiro atoms. The van der Waals surface area contributed by atoms with Gasteiger partial charge in [-0.3, -0.25) is 4.79 Å². The highest BCUT2D eigenvalue weighted by Gasteiger charge is 2.23. The van der Waals surface area contributed by atoms with Crippen molar-refractivity contribution in [2.75, 3.05) is 6.61 Å². The van der Waals surface area contributed by atoms with E-state index < -0.39 is 11.3 Å². The molecule has 0 saturated carbocycles. The van der Waals surface area contributed by atoms with Gasteiger partial charge in [0.2, 0.25) is 0 Å². The van der Waals surface area contributed by atoms with Crippen LogP contribution < -0.4 is 9.47 Å². The van der Waals surface area contributed by atoms with Crippen LogP contribution in [0.1, 0.15) is 85.0 Å². The molecule has 182 valence electrons. The number of carbonyl (C=O) groups excluding carboxylic acids is 1. The van der Waals surface area contributed by atoms with E-state index in [1.807, 2.05) is 50.2 Å². The van der Waals surface area contributed by atoms with Gasteiger partial charge in [0.05, 0.1) is 6.61 Å². The van der Waals surface area contributed by atoms with Gasteiger partial charge in [0.25, 0.3) is 0 Å². The van der Waals surface area contributed by atoms with Gasteiger partial charge < -0.3 is 9.47 Å². The molecule has 0 amide bonds. The second-order valence-corrected chi connectivity index (χ2v) is 9.40. The summed E-state index contributed by atoms with van der Waals surface area (Å²) in [6, 6.07) is 15.7. The standard InChI is InChI=1S/C29H41ClO3/c1-4-6-7-8-9-10-11-12-13-22-32-26-18-14-24(15-19-26)25-16-20-27(21-17-25)33-29(31)28(30)23(3)5-2/h14-21,23,28H,4-13,22H2,1-3H3/t23-,28-/m0/s1. The summed E-state index contributed by atoms with van der Waals surface area (Å²) in [5.74, 6) is 1.10. The summed E-state index contributed by atoms with van der Waals surface area (Å²) >= 11 is 6.18. The Labute approximate surface area is 205 Å². The number of alkyl halides is 1. The van der Waals surface area contributed by atoms with Gasteiger partial charge in [-0.25, -0.2) is 0 Å². The fourth-order valence-corrected chi connectivity index (χ4v) is 3.90. The molecular weight excluding hydrogens is 432 g/mol. The van der Waals surface area contributed by atoms with Crippen LogP contribution in [0, 0.1) is 5.92 Å². The smallest absolute Gasteiger partial charge is 0.329 e. The molecular formula is C29H41ClO3. The molecule has 0 aromatic heterocycles. The average molecular weight is 473 g/mol. The summed E-state index contributed by atoms with van der Waals surface area (Å²) in [4.78, 5) is 12.1. The summed E-state index contributed by atoms with van der Waals surface area (Å²) in [5, 5.41) is -0.627. The number of halogens is 1. The van der Waals surface area contributed by atoms with E-state index in [4.69, 9.17) is 21.1 Å². The molecule has 33 heavy (non-hydrogen) atoms. The van der Waals surface area contributed by atoms with Crippen LogP contribution in [0.3, 0.4) is 0 Å². The first kappa shape index (κ1) is 27.2. The molecule has 0 N–H and O–H groups in total. The van der Waals surface area contributed by atoms with Gasteiger partial charge in [0.15, 0.2) is 0 Å². The maximum atomic E-state index is 12.1. The molecule has 0 aliphatic rings. The van der Waals surface area contributed by atoms with Crippen molar-refractivity contribution in [3.05, 3.63) is 48.5 Å². The lowest BCUT2D eigenvalue weighted by Crippen LogP contribution is -2.26. The number of hydrogen-bond acceptors (Lipinski definition) is 3. The zero-order valence-corrected chi connectivity index (χ0v) is 21.4. The van der Waals surface area contributed by atoms with Gasteiger partial charge in [0, 0.05) is 0 Å². The normalized spacial score (nSPS) is 12.8. The minimum absolute atomic E-state index is 0.0829. The monoisotopic (exact) mass is 472 g/mol. The minimum Gasteiger partial charge on any atom is -0.494 e. The van der Waals surface area contributed by atoms with E-state index in [1.165, 1.54) is 51.4 Å². The van der Waals surface area contributed by atoms with Gasteiger partial charge >= 0.3 is 5.97 Å². The van der Waals surface area contributed by atoms with Crippen LogP contribution in [-0.4, -0.2) is 18.0 Å². The Kier molecular flexibility index (Phi) is 13.0. The Morgan fingerprint density at radius 1 is 0.758 bits per heavy atom. The first-order valence-electron chi connectivity index (χ1n) is 12.7. The van der Waals surface area contributed by atoms with Crippen LogP contribution >= 0.6 is 11.6 Å². The number of esters is 1. The Balaban J connectivity index is 1.70. The topological polar surface area (TPSA) is 35.5 Å². The van der Waals surface area contributed by atoms with Crippen molar-refractivity contribution in [1.29, 1.82) is 0 Å². The van der Waals surface area contributed by atoms with Crippen molar-refractivity contribution in [2.24, 2.45) is 5.92 Å². The van der Waals surface area contributed by atoms with E-state index in [1.54, 1.807) is 0 Å². The highest BCUT2D eigenvalue weighted by Crippen LogP contribution is 2.26. The predicted octanol–water partition coefficient (Wildman–Crippen LogP) is 8.82. The Bertz CT molecular complexity index is 786. The zero-order chi connectivity index (χ0) is 23.9. The first-order valence-corrected chi connectivity index (χ1v) is 13.2. The van der Waals surface area contributed by atoms with Crippen LogP contribution in [-0.2, 0) is 4.79 Å². The lowest BCUT2D eigenvalue weighted by atomic mass is 10.0. The summed E-state index contributed by atoms with van der Waals surface area (Å²) in [6.07, 6.45) is 12.7. The molecule has 0 unspecified atom stereocenters. The summed E-state index contributed by atoms with van der Waals surface area (Å²) in [7, 11) is 0. The fraction of sp³-hybridized carbons (Fsp3) is 0.552. The number of unbranched alkanes of at least 4 members (excludes halogenated alkanes) is 8. The molecule has 0 bridgehead atoms. The summed E-state index contributed by atoms with van der Waals surface area (Å²) < 4.78 is 11.3. The molecule has 0 saturated heterocycles. The molecule has 0 fully saturated rings. The number of carbonyl (C=O) groups is 1. The summed E-state index contributed by atoms with van der Waals surface area (Å²) in [5.41, 5.74) is 2.16. The Morgan fingerprint density at radius 2 is 1.24 bits per heavy atom. The number of rotatable bonds is 16. The van der Waals surface area contributed by atoms with Gasteiger partial charge in [0.1, 0.15) is 16.9 Å². The molecule has 3 nitrogen and oxygen atoms in total. The maximum absolute atomic E-state index is 12.1. The van der Waals surface area contributed by atoms with Gasteiger partial charge in [-0.1, -0.05) is 103 Å². The van der Waals surface area contributed by atoms with Crippen molar-refractivity contribution in [1.82, 2.24) is 0 Å². The molecule has 2 aromatic rings. The lowest BCUT2D eigenvalue weighted by molar-refractivity contribution is -0.134. The SMILES string of the molecule is CCCCCCCCCCCOc1ccc(-c2ccc(OC(=O)[C@@H](Cl)[C@@H](C)CC)cc2)cc1. The number of ether oxygens (including phenoxy) is 2. The van der Waals surface area contributed by atoms with E-state index in [-0.39, 0.29) is 5.92 Å². The van der Waals surface area contributed by atoms with Crippen LogP contribution in [0.4, 0.5) is 0 Å². The van der Waals surface area contributed by atoms with Crippen LogP contribution in [0.5, 0.6) is 11.5 Å². The van der Waals surface area contributed by atoms with Gasteiger partial charge in [-0.15, -0.1) is 11.6 Å². The summed E-state index contributed by atoms with van der Waals surface area (Å²) in [6.45, 7) is 6.99. The van der Waals surface area contributed by atoms with Crippen molar-refractivity contribution >= 4 is 17.6 Å². The number of benzene rings is 2. The Morgan fingerprint density at radius 3 is 1.76 bits per heavy atom. The largest absolute Gasteiger partial charge is 0.494 e. The second kappa shape index (κ2) is 15.8.